The standard InChI is InChI=1S/C22H15FO2/c23-20-12-17(14-24)6-8-19(20)22-13-18-11-16(7-9-21(18)25-22)10-15-4-2-1-3-5-15/h1-9,11-14H,10H2. The molecule has 0 spiro atoms. The van der Waals surface area contributed by atoms with Crippen molar-refractivity contribution >= 4 is 17.3 Å². The minimum atomic E-state index is -0.465. The molecule has 0 aliphatic carbocycles. The third-order valence-electron chi connectivity index (χ3n) is 4.23. The van der Waals surface area contributed by atoms with E-state index in [9.17, 15) is 9.18 Å². The van der Waals surface area contributed by atoms with Crippen molar-refractivity contribution in [2.24, 2.45) is 0 Å². The highest BCUT2D eigenvalue weighted by molar-refractivity contribution is 5.84. The maximum Gasteiger partial charge on any atom is 0.150 e. The summed E-state index contributed by atoms with van der Waals surface area (Å²) >= 11 is 0. The Labute approximate surface area is 144 Å². The second-order valence-electron chi connectivity index (χ2n) is 6.00. The van der Waals surface area contributed by atoms with Gasteiger partial charge < -0.3 is 4.42 Å². The van der Waals surface area contributed by atoms with Crippen LogP contribution in [0, 0.1) is 5.82 Å². The smallest absolute Gasteiger partial charge is 0.150 e. The minimum absolute atomic E-state index is 0.308. The van der Waals surface area contributed by atoms with E-state index in [1.54, 1.807) is 12.1 Å². The topological polar surface area (TPSA) is 30.2 Å². The molecule has 0 radical (unpaired) electrons. The number of rotatable bonds is 4. The van der Waals surface area contributed by atoms with Crippen molar-refractivity contribution in [3.05, 3.63) is 95.3 Å². The van der Waals surface area contributed by atoms with Gasteiger partial charge in [-0.25, -0.2) is 4.39 Å². The molecule has 3 heteroatoms. The van der Waals surface area contributed by atoms with Crippen LogP contribution in [0.15, 0.2) is 77.2 Å². The van der Waals surface area contributed by atoms with E-state index in [1.165, 1.54) is 17.2 Å². The van der Waals surface area contributed by atoms with E-state index in [-0.39, 0.29) is 0 Å². The van der Waals surface area contributed by atoms with Gasteiger partial charge in [0.2, 0.25) is 0 Å². The van der Waals surface area contributed by atoms with Crippen LogP contribution >= 0.6 is 0 Å². The van der Waals surface area contributed by atoms with Crippen molar-refractivity contribution in [1.29, 1.82) is 0 Å². The molecule has 0 fully saturated rings. The first-order valence-corrected chi connectivity index (χ1v) is 8.04. The van der Waals surface area contributed by atoms with Crippen LogP contribution in [0.4, 0.5) is 4.39 Å². The number of benzene rings is 3. The van der Waals surface area contributed by atoms with Crippen molar-refractivity contribution in [3.63, 3.8) is 0 Å². The maximum absolute atomic E-state index is 14.2. The number of aldehydes is 1. The molecule has 0 aliphatic heterocycles. The Morgan fingerprint density at radius 1 is 0.880 bits per heavy atom. The fourth-order valence-corrected chi connectivity index (χ4v) is 2.97. The molecule has 0 atom stereocenters. The Kier molecular flexibility index (Phi) is 3.90. The number of halogens is 1. The van der Waals surface area contributed by atoms with Crippen molar-refractivity contribution in [2.75, 3.05) is 0 Å². The van der Waals surface area contributed by atoms with Gasteiger partial charge in [0.15, 0.2) is 0 Å². The van der Waals surface area contributed by atoms with E-state index in [0.717, 1.165) is 11.8 Å². The fraction of sp³-hybridized carbons (Fsp3) is 0.0455. The molecule has 0 unspecified atom stereocenters. The summed E-state index contributed by atoms with van der Waals surface area (Å²) in [5.74, 6) is -0.00465. The Bertz CT molecular complexity index is 1050. The number of furan rings is 1. The first kappa shape index (κ1) is 15.3. The molecule has 1 aromatic heterocycles. The van der Waals surface area contributed by atoms with Gasteiger partial charge in [0, 0.05) is 10.9 Å². The molecule has 4 rings (SSSR count). The molecule has 25 heavy (non-hydrogen) atoms. The molecular weight excluding hydrogens is 315 g/mol. The van der Waals surface area contributed by atoms with E-state index in [2.05, 4.69) is 18.2 Å². The molecule has 0 N–H and O–H groups in total. The van der Waals surface area contributed by atoms with Gasteiger partial charge in [-0.15, -0.1) is 0 Å². The summed E-state index contributed by atoms with van der Waals surface area (Å²) < 4.78 is 20.0. The van der Waals surface area contributed by atoms with Gasteiger partial charge in [-0.3, -0.25) is 4.79 Å². The number of fused-ring (bicyclic) bond motifs is 1. The molecule has 0 amide bonds. The van der Waals surface area contributed by atoms with Crippen LogP contribution in [0.2, 0.25) is 0 Å². The summed E-state index contributed by atoms with van der Waals surface area (Å²) in [6, 6.07) is 22.4. The van der Waals surface area contributed by atoms with Crippen molar-refractivity contribution in [3.8, 4) is 11.3 Å². The lowest BCUT2D eigenvalue weighted by Crippen LogP contribution is -1.86. The quantitative estimate of drug-likeness (QED) is 0.453. The second kappa shape index (κ2) is 6.36. The average molecular weight is 330 g/mol. The first-order chi connectivity index (χ1) is 12.2. The van der Waals surface area contributed by atoms with E-state index < -0.39 is 5.82 Å². The van der Waals surface area contributed by atoms with E-state index in [0.29, 0.717) is 28.8 Å². The Balaban J connectivity index is 1.70. The van der Waals surface area contributed by atoms with Crippen LogP contribution in [0.1, 0.15) is 21.5 Å². The lowest BCUT2D eigenvalue weighted by Gasteiger charge is -2.01. The molecule has 122 valence electrons. The van der Waals surface area contributed by atoms with Gasteiger partial charge in [-0.2, -0.15) is 0 Å². The first-order valence-electron chi connectivity index (χ1n) is 8.04. The lowest BCUT2D eigenvalue weighted by atomic mass is 10.0. The van der Waals surface area contributed by atoms with Crippen LogP contribution in [0.5, 0.6) is 0 Å². The third kappa shape index (κ3) is 3.09. The molecular formula is C22H15FO2. The maximum atomic E-state index is 14.2. The summed E-state index contributed by atoms with van der Waals surface area (Å²) in [5, 5.41) is 0.933. The van der Waals surface area contributed by atoms with Crippen LogP contribution < -0.4 is 0 Å². The summed E-state index contributed by atoms with van der Waals surface area (Å²) in [6.45, 7) is 0. The van der Waals surface area contributed by atoms with Gasteiger partial charge in [-0.05, 0) is 47.9 Å². The molecule has 0 saturated carbocycles. The molecule has 4 aromatic rings. The Hall–Kier alpha value is -3.20. The average Bonchev–Trinajstić information content (AvgIpc) is 3.05. The molecule has 0 bridgehead atoms. The van der Waals surface area contributed by atoms with Crippen molar-refractivity contribution in [2.45, 2.75) is 6.42 Å². The van der Waals surface area contributed by atoms with Crippen LogP contribution in [-0.2, 0) is 6.42 Å². The summed E-state index contributed by atoms with van der Waals surface area (Å²) in [5.41, 5.74) is 3.78. The van der Waals surface area contributed by atoms with Crippen LogP contribution in [-0.4, -0.2) is 6.29 Å². The van der Waals surface area contributed by atoms with E-state index in [1.807, 2.05) is 36.4 Å². The highest BCUT2D eigenvalue weighted by Crippen LogP contribution is 2.30. The van der Waals surface area contributed by atoms with Gasteiger partial charge >= 0.3 is 0 Å². The number of carbonyl (C=O) groups is 1. The second-order valence-corrected chi connectivity index (χ2v) is 6.00. The van der Waals surface area contributed by atoms with Gasteiger partial charge in [-0.1, -0.05) is 42.5 Å². The molecule has 1 heterocycles. The minimum Gasteiger partial charge on any atom is -0.456 e. The normalized spacial score (nSPS) is 10.9. The largest absolute Gasteiger partial charge is 0.456 e. The summed E-state index contributed by atoms with van der Waals surface area (Å²) in [7, 11) is 0. The van der Waals surface area contributed by atoms with Gasteiger partial charge in [0.25, 0.3) is 0 Å². The molecule has 0 saturated heterocycles. The predicted molar refractivity (Wildman–Crippen MR) is 96.2 cm³/mol. The predicted octanol–water partition coefficient (Wildman–Crippen LogP) is 5.64. The number of hydrogen-bond acceptors (Lipinski definition) is 2. The third-order valence-corrected chi connectivity index (χ3v) is 4.23. The van der Waals surface area contributed by atoms with Crippen LogP contribution in [0.3, 0.4) is 0 Å². The molecule has 3 aromatic carbocycles. The van der Waals surface area contributed by atoms with Crippen LogP contribution in [0.25, 0.3) is 22.3 Å². The van der Waals surface area contributed by atoms with Gasteiger partial charge in [0.1, 0.15) is 23.4 Å². The zero-order valence-electron chi connectivity index (χ0n) is 13.4. The molecule has 0 aliphatic rings. The highest BCUT2D eigenvalue weighted by Gasteiger charge is 2.12. The summed E-state index contributed by atoms with van der Waals surface area (Å²) in [6.07, 6.45) is 1.46. The van der Waals surface area contributed by atoms with Crippen molar-refractivity contribution in [1.82, 2.24) is 0 Å². The van der Waals surface area contributed by atoms with Gasteiger partial charge in [0.05, 0.1) is 5.56 Å². The Morgan fingerprint density at radius 3 is 2.48 bits per heavy atom. The number of carbonyl (C=O) groups excluding carboxylic acids is 1. The monoisotopic (exact) mass is 330 g/mol. The number of hydrogen-bond donors (Lipinski definition) is 0. The Morgan fingerprint density at radius 2 is 1.72 bits per heavy atom. The highest BCUT2D eigenvalue weighted by atomic mass is 19.1. The molecule has 2 nitrogen and oxygen atoms in total. The SMILES string of the molecule is O=Cc1ccc(-c2cc3cc(Cc4ccccc4)ccc3o2)c(F)c1. The van der Waals surface area contributed by atoms with E-state index in [4.69, 9.17) is 4.42 Å². The summed E-state index contributed by atoms with van der Waals surface area (Å²) in [4.78, 5) is 10.7. The fourth-order valence-electron chi connectivity index (χ4n) is 2.97. The van der Waals surface area contributed by atoms with E-state index >= 15 is 0 Å². The zero-order valence-corrected chi connectivity index (χ0v) is 13.4. The lowest BCUT2D eigenvalue weighted by molar-refractivity contribution is 0.112. The zero-order chi connectivity index (χ0) is 17.2. The van der Waals surface area contributed by atoms with Crippen molar-refractivity contribution < 1.29 is 13.6 Å².